The Morgan fingerprint density at radius 3 is 2.43 bits per heavy atom. The summed E-state index contributed by atoms with van der Waals surface area (Å²) in [6, 6.07) is 1.93. The van der Waals surface area contributed by atoms with Gasteiger partial charge in [0.25, 0.3) is 0 Å². The maximum atomic E-state index is 9.06. The average Bonchev–Trinajstić information content (AvgIpc) is 2.01. The Bertz CT molecular complexity index is 279. The summed E-state index contributed by atoms with van der Waals surface area (Å²) in [7, 11) is 0. The van der Waals surface area contributed by atoms with Crippen molar-refractivity contribution in [3.63, 3.8) is 0 Å². The Hall–Kier alpha value is -1.16. The molecule has 4 nitrogen and oxygen atoms in total. The van der Waals surface area contributed by atoms with Gasteiger partial charge in [0.2, 0.25) is 5.95 Å². The molecule has 0 bridgehead atoms. The summed E-state index contributed by atoms with van der Waals surface area (Å²) in [5.74, 6) is 0.642. The molecule has 78 valence electrons. The lowest BCUT2D eigenvalue weighted by Crippen LogP contribution is -2.12. The van der Waals surface area contributed by atoms with Crippen molar-refractivity contribution in [3.8, 4) is 0 Å². The molecule has 0 saturated heterocycles. The van der Waals surface area contributed by atoms with E-state index in [-0.39, 0.29) is 6.10 Å². The van der Waals surface area contributed by atoms with Gasteiger partial charge >= 0.3 is 0 Å². The fourth-order valence-corrected chi connectivity index (χ4v) is 1.20. The number of aryl methyl sites for hydroxylation is 2. The van der Waals surface area contributed by atoms with E-state index >= 15 is 0 Å². The van der Waals surface area contributed by atoms with Crippen LogP contribution in [0.5, 0.6) is 0 Å². The second kappa shape index (κ2) is 4.91. The first-order valence-electron chi connectivity index (χ1n) is 4.82. The van der Waals surface area contributed by atoms with E-state index in [0.717, 1.165) is 11.4 Å². The van der Waals surface area contributed by atoms with Crippen LogP contribution in [0.4, 0.5) is 5.95 Å². The van der Waals surface area contributed by atoms with Gasteiger partial charge in [0.1, 0.15) is 0 Å². The van der Waals surface area contributed by atoms with Crippen LogP contribution in [0.25, 0.3) is 0 Å². The Labute approximate surface area is 84.4 Å². The van der Waals surface area contributed by atoms with Crippen molar-refractivity contribution in [2.45, 2.75) is 33.3 Å². The summed E-state index contributed by atoms with van der Waals surface area (Å²) in [5, 5.41) is 12.1. The highest BCUT2D eigenvalue weighted by Crippen LogP contribution is 2.03. The Morgan fingerprint density at radius 2 is 1.93 bits per heavy atom. The predicted octanol–water partition coefficient (Wildman–Crippen LogP) is 1.28. The van der Waals surface area contributed by atoms with E-state index in [1.54, 1.807) is 6.92 Å². The highest BCUT2D eigenvalue weighted by Gasteiger charge is 1.99. The molecule has 1 unspecified atom stereocenters. The minimum absolute atomic E-state index is 0.284. The van der Waals surface area contributed by atoms with Gasteiger partial charge in [-0.25, -0.2) is 9.97 Å². The van der Waals surface area contributed by atoms with Crippen molar-refractivity contribution < 1.29 is 5.11 Å². The molecular formula is C10H17N3O. The third-order valence-electron chi connectivity index (χ3n) is 1.83. The van der Waals surface area contributed by atoms with Gasteiger partial charge in [-0.15, -0.1) is 0 Å². The molecule has 1 aromatic heterocycles. The van der Waals surface area contributed by atoms with Gasteiger partial charge < -0.3 is 10.4 Å². The summed E-state index contributed by atoms with van der Waals surface area (Å²) >= 11 is 0. The summed E-state index contributed by atoms with van der Waals surface area (Å²) in [4.78, 5) is 8.45. The molecule has 1 rings (SSSR count). The molecule has 1 atom stereocenters. The smallest absolute Gasteiger partial charge is 0.223 e. The van der Waals surface area contributed by atoms with Crippen molar-refractivity contribution in [2.24, 2.45) is 0 Å². The van der Waals surface area contributed by atoms with Crippen molar-refractivity contribution in [1.82, 2.24) is 9.97 Å². The van der Waals surface area contributed by atoms with E-state index in [2.05, 4.69) is 15.3 Å². The lowest BCUT2D eigenvalue weighted by molar-refractivity contribution is 0.188. The number of aromatic nitrogens is 2. The monoisotopic (exact) mass is 195 g/mol. The molecule has 0 saturated carbocycles. The summed E-state index contributed by atoms with van der Waals surface area (Å²) < 4.78 is 0. The quantitative estimate of drug-likeness (QED) is 0.759. The van der Waals surface area contributed by atoms with Gasteiger partial charge in [-0.05, 0) is 33.3 Å². The molecule has 0 aliphatic heterocycles. The molecule has 14 heavy (non-hydrogen) atoms. The number of aliphatic hydroxyl groups is 1. The Balaban J connectivity index is 2.50. The van der Waals surface area contributed by atoms with Crippen LogP contribution in [0.3, 0.4) is 0 Å². The molecule has 4 heteroatoms. The molecule has 0 radical (unpaired) electrons. The van der Waals surface area contributed by atoms with Gasteiger partial charge in [-0.3, -0.25) is 0 Å². The van der Waals surface area contributed by atoms with E-state index in [9.17, 15) is 0 Å². The Kier molecular flexibility index (Phi) is 3.83. The zero-order chi connectivity index (χ0) is 10.6. The molecule has 0 aromatic carbocycles. The first-order valence-corrected chi connectivity index (χ1v) is 4.82. The highest BCUT2D eigenvalue weighted by atomic mass is 16.3. The first kappa shape index (κ1) is 10.9. The van der Waals surface area contributed by atoms with E-state index in [1.165, 1.54) is 0 Å². The van der Waals surface area contributed by atoms with Crippen LogP contribution in [0, 0.1) is 13.8 Å². The van der Waals surface area contributed by atoms with Crippen molar-refractivity contribution >= 4 is 5.95 Å². The van der Waals surface area contributed by atoms with Gasteiger partial charge in [0, 0.05) is 17.9 Å². The maximum absolute atomic E-state index is 9.06. The van der Waals surface area contributed by atoms with Gasteiger partial charge in [0.05, 0.1) is 6.10 Å². The fraction of sp³-hybridized carbons (Fsp3) is 0.600. The van der Waals surface area contributed by atoms with Gasteiger partial charge in [0.15, 0.2) is 0 Å². The summed E-state index contributed by atoms with van der Waals surface area (Å²) in [6.45, 7) is 6.34. The van der Waals surface area contributed by atoms with Crippen molar-refractivity contribution in [3.05, 3.63) is 17.5 Å². The van der Waals surface area contributed by atoms with Crippen molar-refractivity contribution in [2.75, 3.05) is 11.9 Å². The molecule has 2 N–H and O–H groups in total. The number of anilines is 1. The largest absolute Gasteiger partial charge is 0.393 e. The van der Waals surface area contributed by atoms with E-state index in [0.29, 0.717) is 18.9 Å². The molecule has 0 aliphatic carbocycles. The molecule has 0 aliphatic rings. The van der Waals surface area contributed by atoms with Crippen LogP contribution < -0.4 is 5.32 Å². The van der Waals surface area contributed by atoms with Crippen LogP contribution in [-0.4, -0.2) is 27.7 Å². The zero-order valence-corrected chi connectivity index (χ0v) is 8.91. The zero-order valence-electron chi connectivity index (χ0n) is 8.91. The fourth-order valence-electron chi connectivity index (χ4n) is 1.20. The molecule has 1 heterocycles. The molecule has 0 spiro atoms. The molecule has 0 amide bonds. The average molecular weight is 195 g/mol. The normalized spacial score (nSPS) is 12.6. The van der Waals surface area contributed by atoms with Gasteiger partial charge in [-0.2, -0.15) is 0 Å². The molecule has 1 aromatic rings. The number of nitrogens with zero attached hydrogens (tertiary/aromatic N) is 2. The second-order valence-corrected chi connectivity index (χ2v) is 3.54. The van der Waals surface area contributed by atoms with E-state index in [1.807, 2.05) is 19.9 Å². The third kappa shape index (κ3) is 3.70. The summed E-state index contributed by atoms with van der Waals surface area (Å²) in [5.41, 5.74) is 1.91. The lowest BCUT2D eigenvalue weighted by atomic mass is 10.3. The number of hydrogen-bond donors (Lipinski definition) is 2. The van der Waals surface area contributed by atoms with Crippen LogP contribution >= 0.6 is 0 Å². The standard InChI is InChI=1S/C10H17N3O/c1-7-6-8(2)13-10(12-7)11-5-4-9(3)14/h6,9,14H,4-5H2,1-3H3,(H,11,12,13). The number of rotatable bonds is 4. The Morgan fingerprint density at radius 1 is 1.36 bits per heavy atom. The van der Waals surface area contributed by atoms with Crippen LogP contribution in [0.2, 0.25) is 0 Å². The third-order valence-corrected chi connectivity index (χ3v) is 1.83. The SMILES string of the molecule is Cc1cc(C)nc(NCCC(C)O)n1. The topological polar surface area (TPSA) is 58.0 Å². The maximum Gasteiger partial charge on any atom is 0.223 e. The second-order valence-electron chi connectivity index (χ2n) is 3.54. The van der Waals surface area contributed by atoms with Gasteiger partial charge in [-0.1, -0.05) is 0 Å². The lowest BCUT2D eigenvalue weighted by Gasteiger charge is -2.07. The number of nitrogens with one attached hydrogen (secondary N) is 1. The first-order chi connectivity index (χ1) is 6.58. The molecule has 0 fully saturated rings. The summed E-state index contributed by atoms with van der Waals surface area (Å²) in [6.07, 6.45) is 0.421. The van der Waals surface area contributed by atoms with Crippen LogP contribution in [-0.2, 0) is 0 Å². The minimum atomic E-state index is -0.284. The minimum Gasteiger partial charge on any atom is -0.393 e. The van der Waals surface area contributed by atoms with E-state index in [4.69, 9.17) is 5.11 Å². The van der Waals surface area contributed by atoms with E-state index < -0.39 is 0 Å². The number of aliphatic hydroxyl groups excluding tert-OH is 1. The predicted molar refractivity (Wildman–Crippen MR) is 56.3 cm³/mol. The number of hydrogen-bond acceptors (Lipinski definition) is 4. The van der Waals surface area contributed by atoms with Crippen molar-refractivity contribution in [1.29, 1.82) is 0 Å². The molecular weight excluding hydrogens is 178 g/mol. The highest BCUT2D eigenvalue weighted by molar-refractivity contribution is 5.27. The van der Waals surface area contributed by atoms with Crippen LogP contribution in [0.15, 0.2) is 6.07 Å². The van der Waals surface area contributed by atoms with Crippen LogP contribution in [0.1, 0.15) is 24.7 Å².